The van der Waals surface area contributed by atoms with Gasteiger partial charge in [-0.15, -0.1) is 0 Å². The molecule has 0 saturated carbocycles. The predicted molar refractivity (Wildman–Crippen MR) is 82.9 cm³/mol. The Hall–Kier alpha value is -2.90. The van der Waals surface area contributed by atoms with Crippen LogP contribution in [0.25, 0.3) is 11.0 Å². The van der Waals surface area contributed by atoms with E-state index in [1.807, 2.05) is 0 Å². The normalized spacial score (nSPS) is 11.0. The summed E-state index contributed by atoms with van der Waals surface area (Å²) < 4.78 is 39.5. The summed E-state index contributed by atoms with van der Waals surface area (Å²) in [4.78, 5) is 11.8. The van der Waals surface area contributed by atoms with Gasteiger partial charge < -0.3 is 19.2 Å². The number of H-pyrrole nitrogens is 1. The summed E-state index contributed by atoms with van der Waals surface area (Å²) in [7, 11) is 3.09. The molecule has 2 heterocycles. The Labute approximate surface area is 136 Å². The highest BCUT2D eigenvalue weighted by Crippen LogP contribution is 2.30. The molecule has 2 aromatic heterocycles. The average Bonchev–Trinajstić information content (AvgIpc) is 2.95. The summed E-state index contributed by atoms with van der Waals surface area (Å²) in [5.74, 6) is 1.79. The summed E-state index contributed by atoms with van der Waals surface area (Å²) in [6, 6.07) is 6.26. The molecule has 0 aliphatic carbocycles. The van der Waals surface area contributed by atoms with Crippen LogP contribution in [0.4, 0.5) is 8.78 Å². The summed E-state index contributed by atoms with van der Waals surface area (Å²) in [6.07, 6.45) is 1.99. The lowest BCUT2D eigenvalue weighted by molar-refractivity contribution is -0.0497. The first-order valence-electron chi connectivity index (χ1n) is 7.10. The monoisotopic (exact) mass is 335 g/mol. The SMILES string of the molecule is COc1ccnc(Cc2nc3cc(OC(F)F)ccc3[nH]2)c1OC. The molecule has 1 aromatic carbocycles. The summed E-state index contributed by atoms with van der Waals surface area (Å²) >= 11 is 0. The lowest BCUT2D eigenvalue weighted by atomic mass is 10.2. The van der Waals surface area contributed by atoms with E-state index in [0.29, 0.717) is 40.5 Å². The average molecular weight is 335 g/mol. The van der Waals surface area contributed by atoms with E-state index in [1.54, 1.807) is 25.4 Å². The zero-order valence-corrected chi connectivity index (χ0v) is 13.0. The van der Waals surface area contributed by atoms with E-state index in [2.05, 4.69) is 19.7 Å². The number of pyridine rings is 1. The molecule has 0 radical (unpaired) electrons. The van der Waals surface area contributed by atoms with Gasteiger partial charge in [0, 0.05) is 18.3 Å². The molecular formula is C16H15F2N3O3. The second kappa shape index (κ2) is 6.69. The molecule has 126 valence electrons. The Bertz CT molecular complexity index is 852. The predicted octanol–water partition coefficient (Wildman–Crippen LogP) is 3.17. The molecule has 0 saturated heterocycles. The number of hydrogen-bond donors (Lipinski definition) is 1. The quantitative estimate of drug-likeness (QED) is 0.749. The van der Waals surface area contributed by atoms with E-state index in [-0.39, 0.29) is 5.75 Å². The number of hydrogen-bond acceptors (Lipinski definition) is 5. The Balaban J connectivity index is 1.91. The number of halogens is 2. The van der Waals surface area contributed by atoms with E-state index in [1.165, 1.54) is 19.2 Å². The van der Waals surface area contributed by atoms with Crippen molar-refractivity contribution in [2.45, 2.75) is 13.0 Å². The van der Waals surface area contributed by atoms with Crippen molar-refractivity contribution < 1.29 is 23.0 Å². The smallest absolute Gasteiger partial charge is 0.387 e. The van der Waals surface area contributed by atoms with Gasteiger partial charge >= 0.3 is 6.61 Å². The number of imidazole rings is 1. The molecular weight excluding hydrogens is 320 g/mol. The Morgan fingerprint density at radius 3 is 2.71 bits per heavy atom. The topological polar surface area (TPSA) is 69.3 Å². The van der Waals surface area contributed by atoms with Crippen LogP contribution in [-0.4, -0.2) is 35.8 Å². The summed E-state index contributed by atoms with van der Waals surface area (Å²) in [5, 5.41) is 0. The number of aromatic nitrogens is 3. The Morgan fingerprint density at radius 2 is 2.00 bits per heavy atom. The number of nitrogens with one attached hydrogen (secondary N) is 1. The van der Waals surface area contributed by atoms with Crippen molar-refractivity contribution in [1.82, 2.24) is 15.0 Å². The van der Waals surface area contributed by atoms with Crippen LogP contribution in [-0.2, 0) is 6.42 Å². The lowest BCUT2D eigenvalue weighted by Crippen LogP contribution is -2.01. The van der Waals surface area contributed by atoms with Crippen LogP contribution in [0.5, 0.6) is 17.2 Å². The van der Waals surface area contributed by atoms with Crippen LogP contribution in [0.2, 0.25) is 0 Å². The fraction of sp³-hybridized carbons (Fsp3) is 0.250. The molecule has 0 bridgehead atoms. The van der Waals surface area contributed by atoms with Crippen molar-refractivity contribution in [2.75, 3.05) is 14.2 Å². The molecule has 0 amide bonds. The number of benzene rings is 1. The molecule has 0 unspecified atom stereocenters. The second-order valence-corrected chi connectivity index (χ2v) is 4.91. The van der Waals surface area contributed by atoms with Crippen molar-refractivity contribution in [3.8, 4) is 17.2 Å². The second-order valence-electron chi connectivity index (χ2n) is 4.91. The molecule has 3 rings (SSSR count). The van der Waals surface area contributed by atoms with Gasteiger partial charge in [-0.25, -0.2) is 4.98 Å². The van der Waals surface area contributed by atoms with Gasteiger partial charge in [0.2, 0.25) is 0 Å². The maximum atomic E-state index is 12.3. The van der Waals surface area contributed by atoms with E-state index < -0.39 is 6.61 Å². The molecule has 0 atom stereocenters. The van der Waals surface area contributed by atoms with Gasteiger partial charge in [-0.2, -0.15) is 8.78 Å². The van der Waals surface area contributed by atoms with E-state index in [4.69, 9.17) is 9.47 Å². The number of ether oxygens (including phenoxy) is 3. The van der Waals surface area contributed by atoms with Gasteiger partial charge in [0.1, 0.15) is 11.6 Å². The maximum absolute atomic E-state index is 12.3. The van der Waals surface area contributed by atoms with Crippen LogP contribution in [0.3, 0.4) is 0 Å². The van der Waals surface area contributed by atoms with Crippen LogP contribution in [0.15, 0.2) is 30.5 Å². The molecule has 3 aromatic rings. The minimum Gasteiger partial charge on any atom is -0.493 e. The first kappa shape index (κ1) is 16.0. The third-order valence-electron chi connectivity index (χ3n) is 3.43. The van der Waals surface area contributed by atoms with Crippen molar-refractivity contribution in [3.05, 3.63) is 42.0 Å². The number of rotatable bonds is 6. The van der Waals surface area contributed by atoms with Crippen LogP contribution >= 0.6 is 0 Å². The van der Waals surface area contributed by atoms with E-state index in [9.17, 15) is 8.78 Å². The minimum atomic E-state index is -2.87. The highest BCUT2D eigenvalue weighted by Gasteiger charge is 2.14. The first-order chi connectivity index (χ1) is 11.6. The number of fused-ring (bicyclic) bond motifs is 1. The molecule has 1 N–H and O–H groups in total. The molecule has 6 nitrogen and oxygen atoms in total. The summed E-state index contributed by atoms with van der Waals surface area (Å²) in [5.41, 5.74) is 1.90. The fourth-order valence-corrected chi connectivity index (χ4v) is 2.43. The molecule has 0 aliphatic rings. The number of alkyl halides is 2. The van der Waals surface area contributed by atoms with Gasteiger partial charge in [-0.1, -0.05) is 0 Å². The van der Waals surface area contributed by atoms with Crippen molar-refractivity contribution >= 4 is 11.0 Å². The van der Waals surface area contributed by atoms with Gasteiger partial charge in [0.15, 0.2) is 11.5 Å². The molecule has 0 spiro atoms. The van der Waals surface area contributed by atoms with Crippen LogP contribution < -0.4 is 14.2 Å². The third kappa shape index (κ3) is 3.22. The first-order valence-corrected chi connectivity index (χ1v) is 7.10. The van der Waals surface area contributed by atoms with Gasteiger partial charge in [0.05, 0.1) is 37.4 Å². The highest BCUT2D eigenvalue weighted by atomic mass is 19.3. The van der Waals surface area contributed by atoms with Gasteiger partial charge in [0.25, 0.3) is 0 Å². The van der Waals surface area contributed by atoms with Crippen molar-refractivity contribution in [2.24, 2.45) is 0 Å². The van der Waals surface area contributed by atoms with E-state index >= 15 is 0 Å². The molecule has 0 fully saturated rings. The summed E-state index contributed by atoms with van der Waals surface area (Å²) in [6.45, 7) is -2.87. The van der Waals surface area contributed by atoms with Gasteiger partial charge in [-0.05, 0) is 12.1 Å². The Morgan fingerprint density at radius 1 is 1.17 bits per heavy atom. The number of nitrogens with zero attached hydrogens (tertiary/aromatic N) is 2. The zero-order chi connectivity index (χ0) is 17.1. The maximum Gasteiger partial charge on any atom is 0.387 e. The zero-order valence-electron chi connectivity index (χ0n) is 13.0. The number of aromatic amines is 1. The van der Waals surface area contributed by atoms with Gasteiger partial charge in [-0.3, -0.25) is 4.98 Å². The highest BCUT2D eigenvalue weighted by molar-refractivity contribution is 5.76. The molecule has 8 heteroatoms. The molecule has 24 heavy (non-hydrogen) atoms. The van der Waals surface area contributed by atoms with Crippen molar-refractivity contribution in [1.29, 1.82) is 0 Å². The molecule has 0 aliphatic heterocycles. The van der Waals surface area contributed by atoms with Crippen LogP contribution in [0, 0.1) is 0 Å². The Kier molecular flexibility index (Phi) is 4.45. The standard InChI is InChI=1S/C16H15F2N3O3/c1-22-13-5-6-19-12(15(13)23-2)8-14-20-10-4-3-9(24-16(17)18)7-11(10)21-14/h3-7,16H,8H2,1-2H3,(H,20,21). The lowest BCUT2D eigenvalue weighted by Gasteiger charge is -2.10. The minimum absolute atomic E-state index is 0.0626. The van der Waals surface area contributed by atoms with Crippen molar-refractivity contribution in [3.63, 3.8) is 0 Å². The number of methoxy groups -OCH3 is 2. The third-order valence-corrected chi connectivity index (χ3v) is 3.43. The fourth-order valence-electron chi connectivity index (χ4n) is 2.43. The van der Waals surface area contributed by atoms with E-state index in [0.717, 1.165) is 0 Å². The van der Waals surface area contributed by atoms with Crippen LogP contribution in [0.1, 0.15) is 11.5 Å². The largest absolute Gasteiger partial charge is 0.493 e.